The van der Waals surface area contributed by atoms with Gasteiger partial charge in [0.05, 0.1) is 26.3 Å². The number of carbonyl (C=O) groups excluding carboxylic acids is 2. The highest BCUT2D eigenvalue weighted by Crippen LogP contribution is 2.30. The van der Waals surface area contributed by atoms with Crippen molar-refractivity contribution in [2.75, 3.05) is 16.2 Å². The predicted octanol–water partition coefficient (Wildman–Crippen LogP) is 4.69. The van der Waals surface area contributed by atoms with E-state index < -0.39 is 22.5 Å². The van der Waals surface area contributed by atoms with Gasteiger partial charge in [0, 0.05) is 12.6 Å². The first-order chi connectivity index (χ1) is 16.6. The molecule has 3 aromatic carbocycles. The van der Waals surface area contributed by atoms with Crippen molar-refractivity contribution in [2.45, 2.75) is 18.7 Å². The Balaban J connectivity index is 1.85. The lowest BCUT2D eigenvalue weighted by molar-refractivity contribution is -0.119. The zero-order valence-corrected chi connectivity index (χ0v) is 21.2. The van der Waals surface area contributed by atoms with E-state index in [4.69, 9.17) is 23.2 Å². The Morgan fingerprint density at radius 1 is 0.914 bits per heavy atom. The van der Waals surface area contributed by atoms with Crippen LogP contribution in [0.1, 0.15) is 19.4 Å². The Bertz CT molecular complexity index is 1380. The van der Waals surface area contributed by atoms with Crippen LogP contribution in [-0.2, 0) is 19.6 Å². The second kappa shape index (κ2) is 11.4. The van der Waals surface area contributed by atoms with Crippen molar-refractivity contribution >= 4 is 62.1 Å². The first-order valence-electron chi connectivity index (χ1n) is 10.3. The Morgan fingerprint density at radius 3 is 2.29 bits per heavy atom. The van der Waals surface area contributed by atoms with Crippen LogP contribution in [0.25, 0.3) is 0 Å². The van der Waals surface area contributed by atoms with Crippen LogP contribution >= 0.6 is 23.2 Å². The molecule has 0 aliphatic rings. The third kappa shape index (κ3) is 6.82. The Labute approximate surface area is 213 Å². The van der Waals surface area contributed by atoms with Gasteiger partial charge >= 0.3 is 0 Å². The molecular weight excluding hydrogens is 511 g/mol. The molecule has 0 radical (unpaired) electrons. The lowest BCUT2D eigenvalue weighted by atomic mass is 10.1. The summed E-state index contributed by atoms with van der Waals surface area (Å²) in [4.78, 5) is 24.1. The molecule has 0 unspecified atom stereocenters. The van der Waals surface area contributed by atoms with E-state index in [-0.39, 0.29) is 26.5 Å². The molecular formula is C24H22Cl2N4O4S. The van der Waals surface area contributed by atoms with Gasteiger partial charge in [-0.1, -0.05) is 53.5 Å². The number of anilines is 2. The van der Waals surface area contributed by atoms with Gasteiger partial charge in [0.25, 0.3) is 15.9 Å². The van der Waals surface area contributed by atoms with Gasteiger partial charge in [0.1, 0.15) is 6.54 Å². The molecule has 3 aromatic rings. The number of nitrogens with zero attached hydrogens (tertiary/aromatic N) is 2. The third-order valence-corrected chi connectivity index (χ3v) is 7.29. The van der Waals surface area contributed by atoms with Gasteiger partial charge in [-0.15, -0.1) is 0 Å². The highest BCUT2D eigenvalue weighted by atomic mass is 35.5. The summed E-state index contributed by atoms with van der Waals surface area (Å²) in [5.41, 5.74) is 4.25. The number of rotatable bonds is 8. The van der Waals surface area contributed by atoms with Gasteiger partial charge in [0.2, 0.25) is 5.91 Å². The molecule has 0 aliphatic heterocycles. The molecule has 0 aliphatic carbocycles. The van der Waals surface area contributed by atoms with Crippen LogP contribution in [0.5, 0.6) is 0 Å². The number of benzene rings is 3. The van der Waals surface area contributed by atoms with E-state index in [0.717, 1.165) is 4.31 Å². The van der Waals surface area contributed by atoms with E-state index in [1.165, 1.54) is 37.3 Å². The van der Waals surface area contributed by atoms with Crippen molar-refractivity contribution in [3.8, 4) is 0 Å². The second-order valence-electron chi connectivity index (χ2n) is 7.42. The van der Waals surface area contributed by atoms with Crippen molar-refractivity contribution in [3.63, 3.8) is 0 Å². The van der Waals surface area contributed by atoms with Gasteiger partial charge < -0.3 is 5.32 Å². The SMILES string of the molecule is CC(=O)Nc1cccc(C(C)=NNC(=O)CN(c2ccc(Cl)c(Cl)c2)S(=O)(=O)c2ccccc2)c1. The van der Waals surface area contributed by atoms with E-state index in [1.807, 2.05) is 0 Å². The molecule has 0 saturated carbocycles. The topological polar surface area (TPSA) is 108 Å². The van der Waals surface area contributed by atoms with Crippen LogP contribution in [0.3, 0.4) is 0 Å². The molecule has 0 spiro atoms. The summed E-state index contributed by atoms with van der Waals surface area (Å²) < 4.78 is 27.6. The molecule has 182 valence electrons. The monoisotopic (exact) mass is 532 g/mol. The lowest BCUT2D eigenvalue weighted by Gasteiger charge is -2.24. The molecule has 0 atom stereocenters. The maximum Gasteiger partial charge on any atom is 0.264 e. The molecule has 0 bridgehead atoms. The van der Waals surface area contributed by atoms with Gasteiger partial charge in [-0.3, -0.25) is 13.9 Å². The number of halogens is 2. The lowest BCUT2D eigenvalue weighted by Crippen LogP contribution is -2.39. The highest BCUT2D eigenvalue weighted by Gasteiger charge is 2.27. The summed E-state index contributed by atoms with van der Waals surface area (Å²) in [6.07, 6.45) is 0. The molecule has 2 amide bonds. The number of sulfonamides is 1. The minimum atomic E-state index is -4.10. The Hall–Kier alpha value is -3.40. The van der Waals surface area contributed by atoms with Crippen molar-refractivity contribution in [3.05, 3.63) is 88.4 Å². The summed E-state index contributed by atoms with van der Waals surface area (Å²) in [5, 5.41) is 7.15. The molecule has 3 rings (SSSR count). The number of amides is 2. The van der Waals surface area contributed by atoms with Crippen molar-refractivity contribution in [2.24, 2.45) is 5.10 Å². The molecule has 0 fully saturated rings. The van der Waals surface area contributed by atoms with Crippen LogP contribution < -0.4 is 15.0 Å². The summed E-state index contributed by atoms with van der Waals surface area (Å²) in [6.45, 7) is 2.51. The number of nitrogens with one attached hydrogen (secondary N) is 2. The summed E-state index contributed by atoms with van der Waals surface area (Å²) in [6, 6.07) is 18.9. The van der Waals surface area contributed by atoms with Crippen LogP contribution in [0.15, 0.2) is 82.8 Å². The fourth-order valence-electron chi connectivity index (χ4n) is 3.08. The average molecular weight is 533 g/mol. The van der Waals surface area contributed by atoms with Gasteiger partial charge in [-0.2, -0.15) is 5.10 Å². The number of hydrogen-bond donors (Lipinski definition) is 2. The molecule has 0 heterocycles. The normalized spacial score (nSPS) is 11.6. The van der Waals surface area contributed by atoms with Gasteiger partial charge in [0.15, 0.2) is 0 Å². The highest BCUT2D eigenvalue weighted by molar-refractivity contribution is 7.92. The summed E-state index contributed by atoms with van der Waals surface area (Å²) >= 11 is 12.1. The predicted molar refractivity (Wildman–Crippen MR) is 139 cm³/mol. The minimum absolute atomic E-state index is 0.00772. The van der Waals surface area contributed by atoms with Crippen molar-refractivity contribution in [1.82, 2.24) is 5.43 Å². The van der Waals surface area contributed by atoms with E-state index in [2.05, 4.69) is 15.8 Å². The van der Waals surface area contributed by atoms with E-state index >= 15 is 0 Å². The van der Waals surface area contributed by atoms with Crippen molar-refractivity contribution in [1.29, 1.82) is 0 Å². The first-order valence-corrected chi connectivity index (χ1v) is 12.5. The number of hydrogen-bond acceptors (Lipinski definition) is 5. The van der Waals surface area contributed by atoms with Crippen LogP contribution in [0, 0.1) is 0 Å². The average Bonchev–Trinajstić information content (AvgIpc) is 2.83. The van der Waals surface area contributed by atoms with Gasteiger partial charge in [-0.25, -0.2) is 13.8 Å². The molecule has 11 heteroatoms. The first kappa shape index (κ1) is 26.2. The maximum absolute atomic E-state index is 13.3. The van der Waals surface area contributed by atoms with Crippen LogP contribution in [-0.4, -0.2) is 32.5 Å². The fourth-order valence-corrected chi connectivity index (χ4v) is 4.80. The molecule has 0 saturated heterocycles. The summed E-state index contributed by atoms with van der Waals surface area (Å²) in [7, 11) is -4.10. The van der Waals surface area contributed by atoms with Crippen molar-refractivity contribution < 1.29 is 18.0 Å². The summed E-state index contributed by atoms with van der Waals surface area (Å²) in [5.74, 6) is -0.889. The fraction of sp³-hybridized carbons (Fsp3) is 0.125. The molecule has 8 nitrogen and oxygen atoms in total. The zero-order chi connectivity index (χ0) is 25.6. The Kier molecular flexibility index (Phi) is 8.50. The Morgan fingerprint density at radius 2 is 1.63 bits per heavy atom. The molecule has 0 aromatic heterocycles. The van der Waals surface area contributed by atoms with E-state index in [0.29, 0.717) is 17.0 Å². The largest absolute Gasteiger partial charge is 0.326 e. The zero-order valence-electron chi connectivity index (χ0n) is 18.8. The molecule has 35 heavy (non-hydrogen) atoms. The second-order valence-corrected chi connectivity index (χ2v) is 10.1. The number of carbonyl (C=O) groups is 2. The van der Waals surface area contributed by atoms with E-state index in [1.54, 1.807) is 49.4 Å². The van der Waals surface area contributed by atoms with Crippen LogP contribution in [0.4, 0.5) is 11.4 Å². The quantitative estimate of drug-likeness (QED) is 0.324. The minimum Gasteiger partial charge on any atom is -0.326 e. The molecule has 2 N–H and O–H groups in total. The smallest absolute Gasteiger partial charge is 0.264 e. The standard InChI is InChI=1S/C24H22Cl2N4O4S/c1-16(18-7-6-8-19(13-18)27-17(2)31)28-29-24(32)15-30(20-11-12-22(25)23(26)14-20)35(33,34)21-9-4-3-5-10-21/h3-14H,15H2,1-2H3,(H,27,31)(H,29,32). The van der Waals surface area contributed by atoms with Gasteiger partial charge in [-0.05, 0) is 55.0 Å². The third-order valence-electron chi connectivity index (χ3n) is 4.76. The van der Waals surface area contributed by atoms with Crippen LogP contribution in [0.2, 0.25) is 10.0 Å². The maximum atomic E-state index is 13.3. The van der Waals surface area contributed by atoms with E-state index in [9.17, 15) is 18.0 Å². The number of hydrazone groups is 1.